The van der Waals surface area contributed by atoms with Crippen molar-refractivity contribution in [1.29, 1.82) is 0 Å². The number of nitrogens with zero attached hydrogens (tertiary/aromatic N) is 1. The van der Waals surface area contributed by atoms with Crippen LogP contribution in [-0.4, -0.2) is 11.6 Å². The van der Waals surface area contributed by atoms with E-state index in [0.29, 0.717) is 0 Å². The molecule has 0 aliphatic heterocycles. The van der Waals surface area contributed by atoms with Crippen LogP contribution < -0.4 is 4.74 Å². The van der Waals surface area contributed by atoms with Gasteiger partial charge in [-0.05, 0) is 35.7 Å². The topological polar surface area (TPSA) is 22.1 Å². The summed E-state index contributed by atoms with van der Waals surface area (Å²) in [6, 6.07) is 16.3. The summed E-state index contributed by atoms with van der Waals surface area (Å²) < 4.78 is 28.6. The number of aromatic nitrogens is 1. The lowest BCUT2D eigenvalue weighted by molar-refractivity contribution is -0.0498. The number of pyridine rings is 1. The average Bonchev–Trinajstić information content (AvgIpc) is 2.47. The van der Waals surface area contributed by atoms with Crippen molar-refractivity contribution in [2.45, 2.75) is 6.61 Å². The number of hydrogen-bond acceptors (Lipinski definition) is 2. The van der Waals surface area contributed by atoms with E-state index in [1.54, 1.807) is 18.3 Å². The second kappa shape index (κ2) is 5.25. The molecule has 0 atom stereocenters. The molecule has 3 rings (SSSR count). The van der Waals surface area contributed by atoms with Crippen LogP contribution in [0.5, 0.6) is 5.75 Å². The second-order valence-corrected chi connectivity index (χ2v) is 4.28. The molecule has 0 aliphatic carbocycles. The number of benzene rings is 2. The molecule has 0 amide bonds. The van der Waals surface area contributed by atoms with Gasteiger partial charge in [-0.25, -0.2) is 0 Å². The van der Waals surface area contributed by atoms with E-state index >= 15 is 0 Å². The van der Waals surface area contributed by atoms with Crippen LogP contribution in [0.15, 0.2) is 60.8 Å². The smallest absolute Gasteiger partial charge is 0.387 e. The Hall–Kier alpha value is -2.49. The first-order chi connectivity index (χ1) is 9.74. The van der Waals surface area contributed by atoms with E-state index in [4.69, 9.17) is 0 Å². The van der Waals surface area contributed by atoms with Gasteiger partial charge in [0.1, 0.15) is 5.75 Å². The van der Waals surface area contributed by atoms with Crippen LogP contribution in [0.3, 0.4) is 0 Å². The molecule has 100 valence electrons. The van der Waals surface area contributed by atoms with Gasteiger partial charge < -0.3 is 4.74 Å². The van der Waals surface area contributed by atoms with Crippen LogP contribution in [0.1, 0.15) is 0 Å². The van der Waals surface area contributed by atoms with Crippen LogP contribution in [0.4, 0.5) is 8.78 Å². The van der Waals surface area contributed by atoms with Crippen molar-refractivity contribution in [3.63, 3.8) is 0 Å². The molecule has 0 radical (unpaired) electrons. The third kappa shape index (κ3) is 2.45. The standard InChI is InChI=1S/C16H11F2NO/c17-16(18)20-13-7-5-12(6-8-13)15-14-4-2-1-3-11(14)9-10-19-15/h1-10,16H. The predicted molar refractivity (Wildman–Crippen MR) is 73.8 cm³/mol. The van der Waals surface area contributed by atoms with Crippen LogP contribution in [-0.2, 0) is 0 Å². The highest BCUT2D eigenvalue weighted by Gasteiger charge is 2.07. The molecule has 1 aromatic heterocycles. The lowest BCUT2D eigenvalue weighted by atomic mass is 10.0. The third-order valence-electron chi connectivity index (χ3n) is 3.03. The van der Waals surface area contributed by atoms with E-state index in [0.717, 1.165) is 22.0 Å². The zero-order valence-electron chi connectivity index (χ0n) is 10.5. The minimum absolute atomic E-state index is 0.143. The van der Waals surface area contributed by atoms with E-state index in [1.807, 2.05) is 30.3 Å². The van der Waals surface area contributed by atoms with Crippen molar-refractivity contribution in [3.05, 3.63) is 60.8 Å². The summed E-state index contributed by atoms with van der Waals surface area (Å²) in [5.74, 6) is 0.143. The fourth-order valence-electron chi connectivity index (χ4n) is 2.14. The largest absolute Gasteiger partial charge is 0.435 e. The molecule has 0 saturated carbocycles. The van der Waals surface area contributed by atoms with E-state index in [-0.39, 0.29) is 5.75 Å². The molecular weight excluding hydrogens is 260 g/mol. The van der Waals surface area contributed by atoms with Gasteiger partial charge in [-0.2, -0.15) is 8.78 Å². The Balaban J connectivity index is 2.03. The van der Waals surface area contributed by atoms with Gasteiger partial charge in [0.15, 0.2) is 0 Å². The van der Waals surface area contributed by atoms with Gasteiger partial charge >= 0.3 is 6.61 Å². The van der Waals surface area contributed by atoms with Gasteiger partial charge in [0.25, 0.3) is 0 Å². The first-order valence-electron chi connectivity index (χ1n) is 6.13. The fourth-order valence-corrected chi connectivity index (χ4v) is 2.14. The van der Waals surface area contributed by atoms with E-state index in [1.165, 1.54) is 12.1 Å². The Morgan fingerprint density at radius 1 is 0.900 bits per heavy atom. The summed E-state index contributed by atoms with van der Waals surface area (Å²) >= 11 is 0. The average molecular weight is 271 g/mol. The van der Waals surface area contributed by atoms with E-state index in [9.17, 15) is 8.78 Å². The molecule has 2 nitrogen and oxygen atoms in total. The van der Waals surface area contributed by atoms with Crippen LogP contribution in [0.25, 0.3) is 22.0 Å². The van der Waals surface area contributed by atoms with Crippen LogP contribution in [0, 0.1) is 0 Å². The van der Waals surface area contributed by atoms with Crippen LogP contribution >= 0.6 is 0 Å². The molecule has 0 fully saturated rings. The van der Waals surface area contributed by atoms with Crippen molar-refractivity contribution < 1.29 is 13.5 Å². The zero-order chi connectivity index (χ0) is 13.9. The monoisotopic (exact) mass is 271 g/mol. The molecule has 0 N–H and O–H groups in total. The molecule has 0 saturated heterocycles. The van der Waals surface area contributed by atoms with Crippen molar-refractivity contribution >= 4 is 10.8 Å². The highest BCUT2D eigenvalue weighted by Crippen LogP contribution is 2.27. The molecule has 0 bridgehead atoms. The Kier molecular flexibility index (Phi) is 3.29. The second-order valence-electron chi connectivity index (χ2n) is 4.28. The molecule has 3 aromatic rings. The molecule has 4 heteroatoms. The highest BCUT2D eigenvalue weighted by atomic mass is 19.3. The van der Waals surface area contributed by atoms with Crippen molar-refractivity contribution in [2.75, 3.05) is 0 Å². The van der Waals surface area contributed by atoms with Gasteiger partial charge in [-0.1, -0.05) is 24.3 Å². The summed E-state index contributed by atoms with van der Waals surface area (Å²) in [6.45, 7) is -2.81. The summed E-state index contributed by atoms with van der Waals surface area (Å²) in [5.41, 5.74) is 1.69. The van der Waals surface area contributed by atoms with Gasteiger partial charge in [0, 0.05) is 17.1 Å². The maximum absolute atomic E-state index is 12.1. The number of halogens is 2. The number of alkyl halides is 2. The highest BCUT2D eigenvalue weighted by molar-refractivity contribution is 5.94. The molecular formula is C16H11F2NO. The lowest BCUT2D eigenvalue weighted by Crippen LogP contribution is -2.01. The Labute approximate surface area is 114 Å². The first kappa shape index (κ1) is 12.5. The first-order valence-corrected chi connectivity index (χ1v) is 6.13. The third-order valence-corrected chi connectivity index (χ3v) is 3.03. The van der Waals surface area contributed by atoms with E-state index < -0.39 is 6.61 Å². The minimum Gasteiger partial charge on any atom is -0.435 e. The Morgan fingerprint density at radius 2 is 1.65 bits per heavy atom. The molecule has 20 heavy (non-hydrogen) atoms. The van der Waals surface area contributed by atoms with Crippen molar-refractivity contribution in [2.24, 2.45) is 0 Å². The predicted octanol–water partition coefficient (Wildman–Crippen LogP) is 4.50. The molecule has 2 aromatic carbocycles. The summed E-state index contributed by atoms with van der Waals surface area (Å²) in [4.78, 5) is 4.38. The summed E-state index contributed by atoms with van der Waals surface area (Å²) in [5, 5.41) is 2.11. The summed E-state index contributed by atoms with van der Waals surface area (Å²) in [6.07, 6.45) is 1.74. The molecule has 0 spiro atoms. The Bertz CT molecular complexity index is 721. The summed E-state index contributed by atoms with van der Waals surface area (Å²) in [7, 11) is 0. The molecule has 0 aliphatic rings. The minimum atomic E-state index is -2.81. The quantitative estimate of drug-likeness (QED) is 0.699. The Morgan fingerprint density at radius 3 is 2.40 bits per heavy atom. The van der Waals surface area contributed by atoms with Gasteiger partial charge in [0.05, 0.1) is 5.69 Å². The number of hydrogen-bond donors (Lipinski definition) is 0. The maximum atomic E-state index is 12.1. The molecule has 1 heterocycles. The SMILES string of the molecule is FC(F)Oc1ccc(-c2nccc3ccccc23)cc1. The van der Waals surface area contributed by atoms with Crippen LogP contribution in [0.2, 0.25) is 0 Å². The number of ether oxygens (including phenoxy) is 1. The normalized spacial score (nSPS) is 10.9. The van der Waals surface area contributed by atoms with Crippen molar-refractivity contribution in [1.82, 2.24) is 4.98 Å². The lowest BCUT2D eigenvalue weighted by Gasteiger charge is -2.07. The molecule has 0 unspecified atom stereocenters. The van der Waals surface area contributed by atoms with Gasteiger partial charge in [-0.15, -0.1) is 0 Å². The van der Waals surface area contributed by atoms with Gasteiger partial charge in [-0.3, -0.25) is 4.98 Å². The number of rotatable bonds is 3. The fraction of sp³-hybridized carbons (Fsp3) is 0.0625. The zero-order valence-corrected chi connectivity index (χ0v) is 10.5. The van der Waals surface area contributed by atoms with Gasteiger partial charge in [0.2, 0.25) is 0 Å². The number of fused-ring (bicyclic) bond motifs is 1. The maximum Gasteiger partial charge on any atom is 0.387 e. The van der Waals surface area contributed by atoms with Crippen molar-refractivity contribution in [3.8, 4) is 17.0 Å². The van der Waals surface area contributed by atoms with E-state index in [2.05, 4.69) is 9.72 Å².